The first-order valence-electron chi connectivity index (χ1n) is 6.96. The Morgan fingerprint density at radius 3 is 2.26 bits per heavy atom. The molecule has 0 aromatic rings. The van der Waals surface area contributed by atoms with Crippen molar-refractivity contribution in [3.05, 3.63) is 0 Å². The van der Waals surface area contributed by atoms with Crippen LogP contribution in [0, 0.1) is 5.92 Å². The molecule has 6 N–H and O–H groups in total. The van der Waals surface area contributed by atoms with Crippen molar-refractivity contribution < 1.29 is 30.6 Å². The average molecular weight is 278 g/mol. The van der Waals surface area contributed by atoms with Crippen LogP contribution in [0.1, 0.15) is 39.0 Å². The van der Waals surface area contributed by atoms with Gasteiger partial charge in [-0.05, 0) is 6.42 Å². The maximum Gasteiger partial charge on any atom is 0.127 e. The Bertz CT molecular complexity index is 274. The lowest BCUT2D eigenvalue weighted by molar-refractivity contribution is -0.309. The Balaban J connectivity index is 2.62. The van der Waals surface area contributed by atoms with E-state index in [0.717, 1.165) is 25.7 Å². The molecule has 1 rings (SSSR count). The van der Waals surface area contributed by atoms with E-state index in [1.165, 1.54) is 0 Å². The van der Waals surface area contributed by atoms with Gasteiger partial charge in [-0.1, -0.05) is 32.6 Å². The molecule has 1 fully saturated rings. The highest BCUT2D eigenvalue weighted by Gasteiger charge is 2.64. The second-order valence-electron chi connectivity index (χ2n) is 5.47. The minimum atomic E-state index is -1.95. The predicted octanol–water partition coefficient (Wildman–Crippen LogP) is -1.25. The number of aliphatic hydroxyl groups excluding tert-OH is 5. The van der Waals surface area contributed by atoms with Gasteiger partial charge < -0.3 is 30.6 Å². The molecular formula is C13H26O6. The number of rotatable bonds is 8. The van der Waals surface area contributed by atoms with Crippen LogP contribution in [0.5, 0.6) is 0 Å². The first kappa shape index (κ1) is 16.8. The summed E-state index contributed by atoms with van der Waals surface area (Å²) in [6.45, 7) is 1.36. The van der Waals surface area contributed by atoms with Crippen molar-refractivity contribution in [2.75, 3.05) is 6.61 Å². The van der Waals surface area contributed by atoms with Crippen LogP contribution in [0.4, 0.5) is 0 Å². The van der Waals surface area contributed by atoms with Crippen LogP contribution in [0.2, 0.25) is 0 Å². The zero-order valence-corrected chi connectivity index (χ0v) is 11.3. The predicted molar refractivity (Wildman–Crippen MR) is 68.3 cm³/mol. The summed E-state index contributed by atoms with van der Waals surface area (Å²) in [6.07, 6.45) is -1.53. The minimum Gasteiger partial charge on any atom is -0.394 e. The molecule has 1 aliphatic carbocycles. The van der Waals surface area contributed by atoms with Crippen LogP contribution in [0.3, 0.4) is 0 Å². The highest BCUT2D eigenvalue weighted by molar-refractivity contribution is 5.15. The Labute approximate surface area is 113 Å². The van der Waals surface area contributed by atoms with Gasteiger partial charge in [0.15, 0.2) is 0 Å². The smallest absolute Gasteiger partial charge is 0.127 e. The second kappa shape index (κ2) is 6.97. The van der Waals surface area contributed by atoms with Crippen LogP contribution in [-0.4, -0.2) is 67.3 Å². The van der Waals surface area contributed by atoms with Crippen LogP contribution >= 0.6 is 0 Å². The lowest BCUT2D eigenvalue weighted by Gasteiger charge is -2.56. The van der Waals surface area contributed by atoms with Gasteiger partial charge in [0.1, 0.15) is 23.9 Å². The van der Waals surface area contributed by atoms with E-state index in [1.54, 1.807) is 0 Å². The summed E-state index contributed by atoms with van der Waals surface area (Å²) in [5.41, 5.74) is -1.95. The summed E-state index contributed by atoms with van der Waals surface area (Å²) in [5.74, 6) is -0.685. The fourth-order valence-electron chi connectivity index (χ4n) is 2.86. The topological polar surface area (TPSA) is 121 Å². The van der Waals surface area contributed by atoms with Crippen molar-refractivity contribution >= 4 is 0 Å². The molecular weight excluding hydrogens is 252 g/mol. The number of hydrogen-bond acceptors (Lipinski definition) is 6. The maximum atomic E-state index is 10.3. The van der Waals surface area contributed by atoms with Gasteiger partial charge >= 0.3 is 0 Å². The molecule has 0 aromatic heterocycles. The van der Waals surface area contributed by atoms with Gasteiger partial charge in [-0.3, -0.25) is 0 Å². The largest absolute Gasteiger partial charge is 0.394 e. The van der Waals surface area contributed by atoms with E-state index in [4.69, 9.17) is 5.11 Å². The maximum absolute atomic E-state index is 10.3. The molecule has 0 saturated heterocycles. The Hall–Kier alpha value is -0.240. The van der Waals surface area contributed by atoms with Gasteiger partial charge in [-0.15, -0.1) is 0 Å². The Kier molecular flexibility index (Phi) is 6.16. The van der Waals surface area contributed by atoms with Crippen molar-refractivity contribution in [1.82, 2.24) is 0 Å². The average Bonchev–Trinajstić information content (AvgIpc) is 2.43. The third-order valence-corrected chi connectivity index (χ3v) is 4.20. The van der Waals surface area contributed by atoms with E-state index in [9.17, 15) is 25.5 Å². The summed E-state index contributed by atoms with van der Waals surface area (Å²) in [4.78, 5) is 0. The van der Waals surface area contributed by atoms with Crippen LogP contribution in [0.15, 0.2) is 0 Å². The molecule has 0 spiro atoms. The molecule has 0 radical (unpaired) electrons. The van der Waals surface area contributed by atoms with Gasteiger partial charge in [0, 0.05) is 5.92 Å². The van der Waals surface area contributed by atoms with Gasteiger partial charge in [0.2, 0.25) is 0 Å². The summed E-state index contributed by atoms with van der Waals surface area (Å²) in [5, 5.41) is 57.7. The fourth-order valence-corrected chi connectivity index (χ4v) is 2.86. The molecule has 6 nitrogen and oxygen atoms in total. The molecule has 114 valence electrons. The lowest BCUT2D eigenvalue weighted by atomic mass is 9.59. The molecule has 6 atom stereocenters. The van der Waals surface area contributed by atoms with Crippen molar-refractivity contribution in [2.45, 2.75) is 69.0 Å². The summed E-state index contributed by atoms with van der Waals surface area (Å²) < 4.78 is 0. The van der Waals surface area contributed by atoms with E-state index in [1.807, 2.05) is 0 Å². The normalized spacial score (nSPS) is 37.7. The minimum absolute atomic E-state index is 0.462. The van der Waals surface area contributed by atoms with E-state index >= 15 is 0 Å². The van der Waals surface area contributed by atoms with E-state index in [2.05, 4.69) is 6.92 Å². The summed E-state index contributed by atoms with van der Waals surface area (Å²) >= 11 is 0. The molecule has 1 saturated carbocycles. The fraction of sp³-hybridized carbons (Fsp3) is 1.00. The van der Waals surface area contributed by atoms with E-state index < -0.39 is 42.5 Å². The van der Waals surface area contributed by atoms with Crippen LogP contribution in [0.25, 0.3) is 0 Å². The zero-order chi connectivity index (χ0) is 14.6. The van der Waals surface area contributed by atoms with E-state index in [0.29, 0.717) is 6.42 Å². The number of aliphatic hydroxyl groups is 6. The third kappa shape index (κ3) is 3.09. The molecule has 0 bridgehead atoms. The molecule has 0 aliphatic heterocycles. The number of unbranched alkanes of at least 4 members (excludes halogenated alkanes) is 3. The zero-order valence-electron chi connectivity index (χ0n) is 11.3. The summed E-state index contributed by atoms with van der Waals surface area (Å²) in [7, 11) is 0. The molecule has 6 heteroatoms. The second-order valence-corrected chi connectivity index (χ2v) is 5.47. The molecule has 1 aliphatic rings. The van der Waals surface area contributed by atoms with Crippen molar-refractivity contribution in [1.29, 1.82) is 0 Å². The van der Waals surface area contributed by atoms with E-state index in [-0.39, 0.29) is 0 Å². The first-order valence-corrected chi connectivity index (χ1v) is 6.96. The molecule has 0 aromatic carbocycles. The van der Waals surface area contributed by atoms with Crippen molar-refractivity contribution in [2.24, 2.45) is 5.92 Å². The monoisotopic (exact) mass is 278 g/mol. The van der Waals surface area contributed by atoms with Gasteiger partial charge in [0.05, 0.1) is 12.7 Å². The lowest BCUT2D eigenvalue weighted by Crippen LogP contribution is -2.76. The SMILES string of the molecule is CCCCCCC1C(O)[C@H](O)[C@@]1(O)[C@H](O)[C@H](O)CO. The highest BCUT2D eigenvalue weighted by Crippen LogP contribution is 2.45. The molecule has 2 unspecified atom stereocenters. The number of hydrogen-bond donors (Lipinski definition) is 6. The van der Waals surface area contributed by atoms with Gasteiger partial charge in [0.25, 0.3) is 0 Å². The Morgan fingerprint density at radius 1 is 1.11 bits per heavy atom. The molecule has 0 heterocycles. The van der Waals surface area contributed by atoms with Crippen LogP contribution in [-0.2, 0) is 0 Å². The van der Waals surface area contributed by atoms with Gasteiger partial charge in [-0.25, -0.2) is 0 Å². The van der Waals surface area contributed by atoms with Crippen LogP contribution < -0.4 is 0 Å². The first-order chi connectivity index (χ1) is 8.91. The van der Waals surface area contributed by atoms with Crippen molar-refractivity contribution in [3.63, 3.8) is 0 Å². The molecule has 19 heavy (non-hydrogen) atoms. The summed E-state index contributed by atoms with van der Waals surface area (Å²) in [6, 6.07) is 0. The van der Waals surface area contributed by atoms with Crippen molar-refractivity contribution in [3.8, 4) is 0 Å². The third-order valence-electron chi connectivity index (χ3n) is 4.20. The standard InChI is InChI=1S/C13H26O6/c1-2-3-4-5-6-8-10(16)12(18)13(8,19)11(17)9(15)7-14/h8-12,14-19H,2-7H2,1H3/t8?,9-,10?,11-,12+,13+/m1/s1. The quantitative estimate of drug-likeness (QED) is 0.309. The highest BCUT2D eigenvalue weighted by atomic mass is 16.4. The Morgan fingerprint density at radius 2 is 1.74 bits per heavy atom. The molecule has 0 amide bonds. The van der Waals surface area contributed by atoms with Gasteiger partial charge in [-0.2, -0.15) is 0 Å².